The summed E-state index contributed by atoms with van der Waals surface area (Å²) in [6, 6.07) is 10.5. The van der Waals surface area contributed by atoms with E-state index in [0.29, 0.717) is 5.69 Å². The smallest absolute Gasteiger partial charge is 0.322 e. The largest absolute Gasteiger partial charge is 0.417 e. The number of hydrogen-bond donors (Lipinski definition) is 1. The van der Waals surface area contributed by atoms with Crippen molar-refractivity contribution >= 4 is 23.4 Å². The molecule has 3 rings (SSSR count). The molecule has 1 aliphatic heterocycles. The maximum atomic E-state index is 13.1. The van der Waals surface area contributed by atoms with E-state index in [-0.39, 0.29) is 5.56 Å². The second-order valence-electron chi connectivity index (χ2n) is 6.54. The third kappa shape index (κ3) is 5.05. The molecule has 1 saturated heterocycles. The van der Waals surface area contributed by atoms with Gasteiger partial charge >= 0.3 is 6.18 Å². The van der Waals surface area contributed by atoms with Crippen LogP contribution in [0.2, 0.25) is 0 Å². The van der Waals surface area contributed by atoms with Crippen molar-refractivity contribution in [2.75, 3.05) is 29.9 Å². The third-order valence-corrected chi connectivity index (χ3v) is 5.47. The summed E-state index contributed by atoms with van der Waals surface area (Å²) in [6.45, 7) is 4.79. The first kappa shape index (κ1) is 19.8. The van der Waals surface area contributed by atoms with E-state index in [4.69, 9.17) is 0 Å². The van der Waals surface area contributed by atoms with Crippen molar-refractivity contribution in [3.63, 3.8) is 0 Å². The molecule has 3 nitrogen and oxygen atoms in total. The van der Waals surface area contributed by atoms with Crippen molar-refractivity contribution in [2.45, 2.75) is 19.6 Å². The van der Waals surface area contributed by atoms with Crippen LogP contribution in [0, 0.1) is 6.92 Å². The maximum Gasteiger partial charge on any atom is 0.417 e. The van der Waals surface area contributed by atoms with Crippen LogP contribution < -0.4 is 5.32 Å². The first-order valence-electron chi connectivity index (χ1n) is 8.72. The summed E-state index contributed by atoms with van der Waals surface area (Å²) >= 11 is 1.95. The van der Waals surface area contributed by atoms with E-state index < -0.39 is 17.6 Å². The zero-order chi connectivity index (χ0) is 19.4. The fraction of sp³-hybridized carbons (Fsp3) is 0.350. The molecule has 0 spiro atoms. The van der Waals surface area contributed by atoms with Crippen molar-refractivity contribution in [3.05, 3.63) is 64.7 Å². The number of hydrogen-bond acceptors (Lipinski definition) is 3. The Balaban J connectivity index is 1.73. The molecule has 1 fully saturated rings. The minimum atomic E-state index is -4.57. The number of aryl methyl sites for hydroxylation is 1. The summed E-state index contributed by atoms with van der Waals surface area (Å²) in [5.74, 6) is 1.50. The summed E-state index contributed by atoms with van der Waals surface area (Å²) in [5, 5.41) is 2.61. The quantitative estimate of drug-likeness (QED) is 0.807. The second-order valence-corrected chi connectivity index (χ2v) is 7.76. The van der Waals surface area contributed by atoms with Gasteiger partial charge in [0.05, 0.1) is 11.1 Å². The second kappa shape index (κ2) is 8.35. The lowest BCUT2D eigenvalue weighted by molar-refractivity contribution is -0.137. The Morgan fingerprint density at radius 1 is 1.15 bits per heavy atom. The first-order valence-corrected chi connectivity index (χ1v) is 9.87. The fourth-order valence-corrected chi connectivity index (χ4v) is 4.08. The van der Waals surface area contributed by atoms with Crippen LogP contribution in [0.5, 0.6) is 0 Å². The van der Waals surface area contributed by atoms with Gasteiger partial charge in [0.15, 0.2) is 0 Å². The van der Waals surface area contributed by atoms with E-state index in [1.807, 2.05) is 30.8 Å². The Morgan fingerprint density at radius 3 is 2.52 bits per heavy atom. The first-order chi connectivity index (χ1) is 12.8. The number of carbonyl (C=O) groups is 1. The molecular weight excluding hydrogens is 373 g/mol. The summed E-state index contributed by atoms with van der Waals surface area (Å²) in [4.78, 5) is 14.8. The number of anilines is 1. The average molecular weight is 394 g/mol. The number of halogens is 3. The van der Waals surface area contributed by atoms with Gasteiger partial charge in [-0.05, 0) is 36.2 Å². The number of thioether (sulfide) groups is 1. The molecule has 0 unspecified atom stereocenters. The molecule has 2 aromatic rings. The van der Waals surface area contributed by atoms with Gasteiger partial charge in [0.25, 0.3) is 5.91 Å². The van der Waals surface area contributed by atoms with Crippen molar-refractivity contribution in [1.82, 2.24) is 4.90 Å². The molecule has 144 valence electrons. The molecule has 0 radical (unpaired) electrons. The Labute approximate surface area is 160 Å². The van der Waals surface area contributed by atoms with Gasteiger partial charge in [-0.2, -0.15) is 24.9 Å². The van der Waals surface area contributed by atoms with Gasteiger partial charge < -0.3 is 5.32 Å². The van der Waals surface area contributed by atoms with E-state index >= 15 is 0 Å². The van der Waals surface area contributed by atoms with Crippen molar-refractivity contribution in [3.8, 4) is 0 Å². The molecule has 1 amide bonds. The zero-order valence-corrected chi connectivity index (χ0v) is 15.8. The number of carbonyl (C=O) groups excluding carboxylic acids is 1. The van der Waals surface area contributed by atoms with E-state index in [9.17, 15) is 18.0 Å². The lowest BCUT2D eigenvalue weighted by atomic mass is 10.1. The highest BCUT2D eigenvalue weighted by molar-refractivity contribution is 7.99. The molecule has 0 aromatic heterocycles. The number of nitrogens with one attached hydrogen (secondary N) is 1. The predicted octanol–water partition coefficient (Wildman–Crippen LogP) is 4.81. The molecule has 0 saturated carbocycles. The van der Waals surface area contributed by atoms with Crippen molar-refractivity contribution in [2.24, 2.45) is 0 Å². The molecular formula is C20H21F3N2OS. The molecule has 1 aliphatic rings. The molecule has 7 heteroatoms. The highest BCUT2D eigenvalue weighted by Gasteiger charge is 2.34. The van der Waals surface area contributed by atoms with E-state index in [2.05, 4.69) is 10.2 Å². The van der Waals surface area contributed by atoms with Gasteiger partial charge in [-0.25, -0.2) is 0 Å². The number of nitrogens with zero attached hydrogens (tertiary/aromatic N) is 1. The molecule has 0 atom stereocenters. The van der Waals surface area contributed by atoms with Crippen LogP contribution in [0.25, 0.3) is 0 Å². The van der Waals surface area contributed by atoms with Gasteiger partial charge in [-0.15, -0.1) is 0 Å². The van der Waals surface area contributed by atoms with Gasteiger partial charge in [0.1, 0.15) is 0 Å². The van der Waals surface area contributed by atoms with Crippen molar-refractivity contribution in [1.29, 1.82) is 0 Å². The standard InChI is InChI=1S/C20H21F3N2OS/c1-14-12-15(13-25-8-10-27-11-9-25)6-7-18(14)24-19(26)16-4-2-3-5-17(16)20(21,22)23/h2-7,12H,8-11,13H2,1H3,(H,24,26). The highest BCUT2D eigenvalue weighted by Crippen LogP contribution is 2.32. The predicted molar refractivity (Wildman–Crippen MR) is 103 cm³/mol. The van der Waals surface area contributed by atoms with Crippen molar-refractivity contribution < 1.29 is 18.0 Å². The zero-order valence-electron chi connectivity index (χ0n) is 15.0. The van der Waals surface area contributed by atoms with Crippen LogP contribution in [0.1, 0.15) is 27.0 Å². The van der Waals surface area contributed by atoms with Gasteiger partial charge in [0, 0.05) is 36.8 Å². The molecule has 1 N–H and O–H groups in total. The monoisotopic (exact) mass is 394 g/mol. The van der Waals surface area contributed by atoms with Gasteiger partial charge in [-0.3, -0.25) is 9.69 Å². The lowest BCUT2D eigenvalue weighted by Crippen LogP contribution is -2.31. The van der Waals surface area contributed by atoms with E-state index in [0.717, 1.165) is 48.3 Å². The number of alkyl halides is 3. The Morgan fingerprint density at radius 2 is 1.85 bits per heavy atom. The van der Waals surface area contributed by atoms with Gasteiger partial charge in [0.2, 0.25) is 0 Å². The molecule has 0 aliphatic carbocycles. The minimum absolute atomic E-state index is 0.376. The van der Waals surface area contributed by atoms with Crippen LogP contribution >= 0.6 is 11.8 Å². The fourth-order valence-electron chi connectivity index (χ4n) is 3.10. The summed E-state index contributed by atoms with van der Waals surface area (Å²) < 4.78 is 39.3. The van der Waals surface area contributed by atoms with Crippen LogP contribution in [0.3, 0.4) is 0 Å². The van der Waals surface area contributed by atoms with Crippen LogP contribution in [0.4, 0.5) is 18.9 Å². The third-order valence-electron chi connectivity index (χ3n) is 4.53. The van der Waals surface area contributed by atoms with Crippen LogP contribution in [-0.4, -0.2) is 35.4 Å². The molecule has 27 heavy (non-hydrogen) atoms. The SMILES string of the molecule is Cc1cc(CN2CCSCC2)ccc1NC(=O)c1ccccc1C(F)(F)F. The van der Waals surface area contributed by atoms with Crippen LogP contribution in [-0.2, 0) is 12.7 Å². The lowest BCUT2D eigenvalue weighted by Gasteiger charge is -2.26. The highest BCUT2D eigenvalue weighted by atomic mass is 32.2. The Bertz CT molecular complexity index is 817. The maximum absolute atomic E-state index is 13.1. The number of amides is 1. The normalized spacial score (nSPS) is 15.6. The molecule has 0 bridgehead atoms. The Hall–Kier alpha value is -1.99. The van der Waals surface area contributed by atoms with E-state index in [1.54, 1.807) is 6.07 Å². The minimum Gasteiger partial charge on any atom is -0.322 e. The number of rotatable bonds is 4. The van der Waals surface area contributed by atoms with Crippen LogP contribution in [0.15, 0.2) is 42.5 Å². The molecule has 1 heterocycles. The summed E-state index contributed by atoms with van der Waals surface area (Å²) in [7, 11) is 0. The summed E-state index contributed by atoms with van der Waals surface area (Å²) in [5.41, 5.74) is 1.18. The topological polar surface area (TPSA) is 32.3 Å². The average Bonchev–Trinajstić information content (AvgIpc) is 2.64. The molecule has 2 aromatic carbocycles. The summed E-state index contributed by atoms with van der Waals surface area (Å²) in [6.07, 6.45) is -4.57. The van der Waals surface area contributed by atoms with Gasteiger partial charge in [-0.1, -0.05) is 24.3 Å². The van der Waals surface area contributed by atoms with E-state index in [1.165, 1.54) is 18.2 Å². The Kier molecular flexibility index (Phi) is 6.11. The number of benzene rings is 2.